The van der Waals surface area contributed by atoms with Crippen LogP contribution in [0.4, 0.5) is 0 Å². The van der Waals surface area contributed by atoms with E-state index in [2.05, 4.69) is 62.7 Å². The molecule has 2 aromatic rings. The fourth-order valence-corrected chi connectivity index (χ4v) is 6.77. The molecule has 4 aliphatic rings. The van der Waals surface area contributed by atoms with Crippen LogP contribution in [0.3, 0.4) is 0 Å². The fraction of sp³-hybridized carbons (Fsp3) is 0.607. The Hall–Kier alpha value is -1.99. The molecule has 6 rings (SSSR count). The van der Waals surface area contributed by atoms with Gasteiger partial charge in [-0.1, -0.05) is 24.3 Å². The fourth-order valence-electron chi connectivity index (χ4n) is 6.77. The van der Waals surface area contributed by atoms with Gasteiger partial charge in [-0.05, 0) is 68.6 Å². The molecule has 6 nitrogen and oxygen atoms in total. The lowest BCUT2D eigenvalue weighted by Crippen LogP contribution is -2.53. The van der Waals surface area contributed by atoms with Gasteiger partial charge in [0.2, 0.25) is 0 Å². The first-order valence-corrected chi connectivity index (χ1v) is 13.2. The van der Waals surface area contributed by atoms with Crippen LogP contribution in [0.25, 0.3) is 11.1 Å². The van der Waals surface area contributed by atoms with Crippen LogP contribution in [0.2, 0.25) is 0 Å². The van der Waals surface area contributed by atoms with Crippen molar-refractivity contribution in [3.63, 3.8) is 0 Å². The molecule has 1 aromatic heterocycles. The molecule has 0 radical (unpaired) electrons. The number of ether oxygens (including phenoxy) is 1. The van der Waals surface area contributed by atoms with E-state index in [1.807, 2.05) is 0 Å². The number of nitrogens with zero attached hydrogens (tertiary/aromatic N) is 4. The average molecular weight is 463 g/mol. The van der Waals surface area contributed by atoms with Crippen molar-refractivity contribution in [1.82, 2.24) is 19.3 Å². The van der Waals surface area contributed by atoms with Crippen molar-refractivity contribution in [3.05, 3.63) is 58.0 Å². The second kappa shape index (κ2) is 9.57. The van der Waals surface area contributed by atoms with Gasteiger partial charge in [0.15, 0.2) is 0 Å². The van der Waals surface area contributed by atoms with E-state index in [0.29, 0.717) is 17.9 Å². The van der Waals surface area contributed by atoms with Crippen LogP contribution >= 0.6 is 0 Å². The lowest BCUT2D eigenvalue weighted by atomic mass is 9.81. The van der Waals surface area contributed by atoms with Gasteiger partial charge in [-0.3, -0.25) is 14.6 Å². The van der Waals surface area contributed by atoms with Gasteiger partial charge >= 0.3 is 0 Å². The van der Waals surface area contributed by atoms with Crippen LogP contribution in [0.15, 0.2) is 41.2 Å². The molecular weight excluding hydrogens is 424 g/mol. The van der Waals surface area contributed by atoms with E-state index < -0.39 is 0 Å². The zero-order valence-electron chi connectivity index (χ0n) is 20.5. The third-order valence-corrected chi connectivity index (χ3v) is 8.64. The molecule has 182 valence electrons. The largest absolute Gasteiger partial charge is 0.379 e. The van der Waals surface area contributed by atoms with Crippen molar-refractivity contribution in [2.45, 2.75) is 44.3 Å². The molecule has 2 bridgehead atoms. The Kier molecular flexibility index (Phi) is 6.33. The van der Waals surface area contributed by atoms with Crippen molar-refractivity contribution >= 4 is 0 Å². The summed E-state index contributed by atoms with van der Waals surface area (Å²) >= 11 is 0. The number of benzene rings is 1. The van der Waals surface area contributed by atoms with E-state index in [4.69, 9.17) is 4.74 Å². The van der Waals surface area contributed by atoms with Crippen LogP contribution in [0.1, 0.15) is 36.4 Å². The monoisotopic (exact) mass is 462 g/mol. The topological polar surface area (TPSA) is 41.0 Å². The van der Waals surface area contributed by atoms with Crippen LogP contribution in [-0.2, 0) is 17.8 Å². The molecule has 0 spiro atoms. The summed E-state index contributed by atoms with van der Waals surface area (Å²) in [5.74, 6) is 1.07. The van der Waals surface area contributed by atoms with Crippen molar-refractivity contribution in [2.75, 3.05) is 59.5 Å². The third-order valence-electron chi connectivity index (χ3n) is 8.64. The molecule has 3 fully saturated rings. The van der Waals surface area contributed by atoms with Crippen LogP contribution in [0.5, 0.6) is 0 Å². The Balaban J connectivity index is 1.26. The molecule has 1 aromatic carbocycles. The van der Waals surface area contributed by atoms with Crippen molar-refractivity contribution < 1.29 is 4.74 Å². The maximum absolute atomic E-state index is 13.8. The number of fused-ring (bicyclic) bond motifs is 4. The van der Waals surface area contributed by atoms with E-state index in [-0.39, 0.29) is 5.56 Å². The van der Waals surface area contributed by atoms with E-state index >= 15 is 0 Å². The summed E-state index contributed by atoms with van der Waals surface area (Å²) in [5, 5.41) is 0. The second-order valence-electron chi connectivity index (χ2n) is 10.9. The Morgan fingerprint density at radius 3 is 2.53 bits per heavy atom. The zero-order chi connectivity index (χ0) is 23.1. The minimum atomic E-state index is 0.203. The number of piperidine rings is 2. The van der Waals surface area contributed by atoms with Crippen LogP contribution < -0.4 is 5.56 Å². The number of hydrogen-bond acceptors (Lipinski definition) is 5. The van der Waals surface area contributed by atoms with Gasteiger partial charge < -0.3 is 14.2 Å². The van der Waals surface area contributed by atoms with Gasteiger partial charge in [0.25, 0.3) is 5.56 Å². The summed E-state index contributed by atoms with van der Waals surface area (Å²) in [6.07, 6.45) is 3.79. The number of morpholine rings is 1. The average Bonchev–Trinajstić information content (AvgIpc) is 2.86. The van der Waals surface area contributed by atoms with Crippen molar-refractivity contribution in [1.29, 1.82) is 0 Å². The highest BCUT2D eigenvalue weighted by Gasteiger charge is 2.38. The maximum atomic E-state index is 13.8. The first-order valence-electron chi connectivity index (χ1n) is 13.2. The summed E-state index contributed by atoms with van der Waals surface area (Å²) in [6.45, 7) is 9.90. The highest BCUT2D eigenvalue weighted by Crippen LogP contribution is 2.37. The van der Waals surface area contributed by atoms with Gasteiger partial charge in [0.1, 0.15) is 0 Å². The highest BCUT2D eigenvalue weighted by atomic mass is 16.5. The van der Waals surface area contributed by atoms with Crippen LogP contribution in [-0.4, -0.2) is 84.8 Å². The first-order chi connectivity index (χ1) is 16.7. The summed E-state index contributed by atoms with van der Waals surface area (Å²) in [6, 6.07) is 13.6. The van der Waals surface area contributed by atoms with Crippen molar-refractivity contribution in [2.24, 2.45) is 5.92 Å². The van der Waals surface area contributed by atoms with Crippen LogP contribution in [0, 0.1) is 5.92 Å². The van der Waals surface area contributed by atoms with Gasteiger partial charge in [-0.25, -0.2) is 0 Å². The lowest BCUT2D eigenvalue weighted by molar-refractivity contribution is 0.0342. The van der Waals surface area contributed by atoms with Gasteiger partial charge in [0, 0.05) is 62.5 Å². The maximum Gasteiger partial charge on any atom is 0.258 e. The van der Waals surface area contributed by atoms with E-state index in [9.17, 15) is 4.79 Å². The summed E-state index contributed by atoms with van der Waals surface area (Å²) < 4.78 is 7.65. The molecule has 0 aliphatic carbocycles. The molecule has 4 aliphatic heterocycles. The van der Waals surface area contributed by atoms with E-state index in [0.717, 1.165) is 63.6 Å². The molecule has 6 heteroatoms. The molecular formula is C28H38N4O2. The standard InChI is InChI=1S/C28H38N4O2/c1-29-10-8-24(9-11-29)31-17-21-16-23(20-31)27-7-6-26(28(33)32(27)18-21)25-5-3-2-4-22(25)19-30-12-14-34-15-13-30/h2-7,21,23-24H,8-20H2,1H3. The first kappa shape index (κ1) is 22.5. The predicted octanol–water partition coefficient (Wildman–Crippen LogP) is 2.86. The zero-order valence-corrected chi connectivity index (χ0v) is 20.5. The minimum absolute atomic E-state index is 0.203. The molecule has 0 N–H and O–H groups in total. The molecule has 34 heavy (non-hydrogen) atoms. The smallest absolute Gasteiger partial charge is 0.258 e. The van der Waals surface area contributed by atoms with Gasteiger partial charge in [-0.2, -0.15) is 0 Å². The number of hydrogen-bond donors (Lipinski definition) is 0. The Bertz CT molecular complexity index is 1070. The summed E-state index contributed by atoms with van der Waals surface area (Å²) in [4.78, 5) is 21.5. The summed E-state index contributed by atoms with van der Waals surface area (Å²) in [5.41, 5.74) is 4.66. The van der Waals surface area contributed by atoms with Gasteiger partial charge in [-0.15, -0.1) is 0 Å². The molecule has 0 saturated carbocycles. The Morgan fingerprint density at radius 2 is 1.71 bits per heavy atom. The Morgan fingerprint density at radius 1 is 0.912 bits per heavy atom. The molecule has 2 atom stereocenters. The molecule has 0 amide bonds. The number of rotatable bonds is 4. The highest BCUT2D eigenvalue weighted by molar-refractivity contribution is 5.66. The molecule has 2 unspecified atom stereocenters. The number of aromatic nitrogens is 1. The normalized spacial score (nSPS) is 27.0. The van der Waals surface area contributed by atoms with Gasteiger partial charge in [0.05, 0.1) is 13.2 Å². The number of pyridine rings is 1. The van der Waals surface area contributed by atoms with Crippen molar-refractivity contribution in [3.8, 4) is 11.1 Å². The van der Waals surface area contributed by atoms with E-state index in [1.165, 1.54) is 43.6 Å². The quantitative estimate of drug-likeness (QED) is 0.699. The lowest BCUT2D eigenvalue weighted by Gasteiger charge is -2.47. The second-order valence-corrected chi connectivity index (χ2v) is 10.9. The summed E-state index contributed by atoms with van der Waals surface area (Å²) in [7, 11) is 2.24. The molecule has 5 heterocycles. The molecule has 3 saturated heterocycles. The third kappa shape index (κ3) is 4.37. The number of likely N-dealkylation sites (tertiary alicyclic amines) is 2. The SMILES string of the molecule is CN1CCC(N2CC3CC(C2)c2ccc(-c4ccccc4CN4CCOCC4)c(=O)n2C3)CC1. The predicted molar refractivity (Wildman–Crippen MR) is 135 cm³/mol. The Labute approximate surface area is 203 Å². The van der Waals surface area contributed by atoms with E-state index in [1.54, 1.807) is 0 Å². The minimum Gasteiger partial charge on any atom is -0.379 e.